The number of aromatic nitrogens is 2. The summed E-state index contributed by atoms with van der Waals surface area (Å²) in [5.41, 5.74) is 2.38. The molecular weight excluding hydrogens is 243 g/mol. The molecule has 0 aliphatic heterocycles. The van der Waals surface area contributed by atoms with Gasteiger partial charge in [-0.1, -0.05) is 18.2 Å². The Hall–Kier alpha value is -2.36. The number of ether oxygens (including phenoxy) is 1. The molecule has 0 aliphatic carbocycles. The smallest absolute Gasteiger partial charge is 0.126 e. The molecule has 1 aromatic heterocycles. The zero-order valence-corrected chi connectivity index (χ0v) is 10.5. The SMILES string of the molecule is COc1ccc2nc(Cc3ccccc3F)[nH]c2c1. The highest BCUT2D eigenvalue weighted by Gasteiger charge is 2.07. The lowest BCUT2D eigenvalue weighted by molar-refractivity contribution is 0.415. The van der Waals surface area contributed by atoms with E-state index in [-0.39, 0.29) is 5.82 Å². The normalized spacial score (nSPS) is 10.8. The van der Waals surface area contributed by atoms with E-state index in [0.29, 0.717) is 12.0 Å². The summed E-state index contributed by atoms with van der Waals surface area (Å²) in [7, 11) is 1.62. The van der Waals surface area contributed by atoms with E-state index in [1.807, 2.05) is 24.3 Å². The van der Waals surface area contributed by atoms with E-state index in [0.717, 1.165) is 22.6 Å². The Bertz CT molecular complexity index is 721. The van der Waals surface area contributed by atoms with Crippen LogP contribution in [0.4, 0.5) is 4.39 Å². The number of halogens is 1. The third kappa shape index (κ3) is 2.29. The van der Waals surface area contributed by atoms with Crippen molar-refractivity contribution in [2.75, 3.05) is 7.11 Å². The number of H-pyrrole nitrogens is 1. The quantitative estimate of drug-likeness (QED) is 0.780. The van der Waals surface area contributed by atoms with Gasteiger partial charge in [0, 0.05) is 12.5 Å². The molecular formula is C15H13FN2O. The lowest BCUT2D eigenvalue weighted by atomic mass is 10.1. The van der Waals surface area contributed by atoms with Crippen molar-refractivity contribution in [3.8, 4) is 5.75 Å². The molecule has 0 saturated heterocycles. The average Bonchev–Trinajstić information content (AvgIpc) is 2.82. The second-order valence-electron chi connectivity index (χ2n) is 4.33. The predicted octanol–water partition coefficient (Wildman–Crippen LogP) is 3.30. The molecule has 3 aromatic rings. The van der Waals surface area contributed by atoms with Crippen LogP contribution in [0.15, 0.2) is 42.5 Å². The summed E-state index contributed by atoms with van der Waals surface area (Å²) >= 11 is 0. The molecule has 0 bridgehead atoms. The third-order valence-electron chi connectivity index (χ3n) is 3.05. The van der Waals surface area contributed by atoms with Crippen molar-refractivity contribution < 1.29 is 9.13 Å². The Morgan fingerprint density at radius 3 is 2.84 bits per heavy atom. The minimum absolute atomic E-state index is 0.208. The second kappa shape index (κ2) is 4.72. The van der Waals surface area contributed by atoms with Crippen LogP contribution >= 0.6 is 0 Å². The molecule has 0 radical (unpaired) electrons. The predicted molar refractivity (Wildman–Crippen MR) is 71.9 cm³/mol. The number of aromatic amines is 1. The van der Waals surface area contributed by atoms with Crippen LogP contribution in [0.5, 0.6) is 5.75 Å². The second-order valence-corrected chi connectivity index (χ2v) is 4.33. The largest absolute Gasteiger partial charge is 0.497 e. The van der Waals surface area contributed by atoms with Crippen LogP contribution < -0.4 is 4.74 Å². The van der Waals surface area contributed by atoms with E-state index < -0.39 is 0 Å². The Labute approximate surface area is 110 Å². The van der Waals surface area contributed by atoms with Gasteiger partial charge in [0.1, 0.15) is 17.4 Å². The highest BCUT2D eigenvalue weighted by Crippen LogP contribution is 2.20. The number of methoxy groups -OCH3 is 1. The fraction of sp³-hybridized carbons (Fsp3) is 0.133. The monoisotopic (exact) mass is 256 g/mol. The van der Waals surface area contributed by atoms with Crippen molar-refractivity contribution >= 4 is 11.0 Å². The van der Waals surface area contributed by atoms with Crippen LogP contribution in [-0.4, -0.2) is 17.1 Å². The Kier molecular flexibility index (Phi) is 2.91. The third-order valence-corrected chi connectivity index (χ3v) is 3.05. The first-order chi connectivity index (χ1) is 9.26. The summed E-state index contributed by atoms with van der Waals surface area (Å²) in [5.74, 6) is 1.31. The van der Waals surface area contributed by atoms with Crippen molar-refractivity contribution in [1.29, 1.82) is 0 Å². The van der Waals surface area contributed by atoms with Gasteiger partial charge in [-0.15, -0.1) is 0 Å². The Morgan fingerprint density at radius 2 is 2.05 bits per heavy atom. The van der Waals surface area contributed by atoms with Gasteiger partial charge >= 0.3 is 0 Å². The first-order valence-electron chi connectivity index (χ1n) is 6.02. The summed E-state index contributed by atoms with van der Waals surface area (Å²) in [6, 6.07) is 12.4. The van der Waals surface area contributed by atoms with Gasteiger partial charge in [0.2, 0.25) is 0 Å². The van der Waals surface area contributed by atoms with E-state index in [1.165, 1.54) is 6.07 Å². The lowest BCUT2D eigenvalue weighted by Crippen LogP contribution is -1.93. The summed E-state index contributed by atoms with van der Waals surface area (Å²) in [6.45, 7) is 0. The number of hydrogen-bond donors (Lipinski definition) is 1. The molecule has 0 unspecified atom stereocenters. The molecule has 0 spiro atoms. The zero-order chi connectivity index (χ0) is 13.2. The van der Waals surface area contributed by atoms with Gasteiger partial charge in [-0.05, 0) is 23.8 Å². The molecule has 0 amide bonds. The molecule has 0 fully saturated rings. The van der Waals surface area contributed by atoms with E-state index in [4.69, 9.17) is 4.74 Å². The first-order valence-corrected chi connectivity index (χ1v) is 6.02. The molecule has 0 atom stereocenters. The van der Waals surface area contributed by atoms with Crippen LogP contribution in [0.3, 0.4) is 0 Å². The topological polar surface area (TPSA) is 37.9 Å². The maximum atomic E-state index is 13.6. The number of fused-ring (bicyclic) bond motifs is 1. The van der Waals surface area contributed by atoms with E-state index >= 15 is 0 Å². The van der Waals surface area contributed by atoms with Gasteiger partial charge in [0.25, 0.3) is 0 Å². The Morgan fingerprint density at radius 1 is 1.21 bits per heavy atom. The Balaban J connectivity index is 1.95. The van der Waals surface area contributed by atoms with Crippen LogP contribution in [0.1, 0.15) is 11.4 Å². The molecule has 1 heterocycles. The maximum absolute atomic E-state index is 13.6. The fourth-order valence-electron chi connectivity index (χ4n) is 2.07. The van der Waals surface area contributed by atoms with Gasteiger partial charge in [-0.3, -0.25) is 0 Å². The average molecular weight is 256 g/mol. The maximum Gasteiger partial charge on any atom is 0.126 e. The summed E-state index contributed by atoms with van der Waals surface area (Å²) in [4.78, 5) is 7.63. The van der Waals surface area contributed by atoms with Crippen molar-refractivity contribution in [3.05, 3.63) is 59.7 Å². The van der Waals surface area contributed by atoms with Crippen LogP contribution in [0.25, 0.3) is 11.0 Å². The van der Waals surface area contributed by atoms with Gasteiger partial charge in [-0.2, -0.15) is 0 Å². The first kappa shape index (κ1) is 11.7. The number of nitrogens with one attached hydrogen (secondary N) is 1. The molecule has 2 aromatic carbocycles. The highest BCUT2D eigenvalue weighted by atomic mass is 19.1. The highest BCUT2D eigenvalue weighted by molar-refractivity contribution is 5.76. The minimum atomic E-state index is -0.208. The summed E-state index contributed by atoms with van der Waals surface area (Å²) in [5, 5.41) is 0. The van der Waals surface area contributed by atoms with E-state index in [2.05, 4.69) is 9.97 Å². The zero-order valence-electron chi connectivity index (χ0n) is 10.5. The van der Waals surface area contributed by atoms with Crippen LogP contribution in [0.2, 0.25) is 0 Å². The number of nitrogens with zero attached hydrogens (tertiary/aromatic N) is 1. The molecule has 4 heteroatoms. The number of rotatable bonds is 3. The minimum Gasteiger partial charge on any atom is -0.497 e. The fourth-order valence-corrected chi connectivity index (χ4v) is 2.07. The molecule has 1 N–H and O–H groups in total. The van der Waals surface area contributed by atoms with E-state index in [9.17, 15) is 4.39 Å². The van der Waals surface area contributed by atoms with Crippen LogP contribution in [-0.2, 0) is 6.42 Å². The summed E-state index contributed by atoms with van der Waals surface area (Å²) in [6.07, 6.45) is 0.448. The van der Waals surface area contributed by atoms with Crippen molar-refractivity contribution in [3.63, 3.8) is 0 Å². The molecule has 3 rings (SSSR count). The van der Waals surface area contributed by atoms with E-state index in [1.54, 1.807) is 19.2 Å². The summed E-state index contributed by atoms with van der Waals surface area (Å²) < 4.78 is 18.7. The van der Waals surface area contributed by atoms with Crippen molar-refractivity contribution in [1.82, 2.24) is 9.97 Å². The lowest BCUT2D eigenvalue weighted by Gasteiger charge is -1.99. The standard InChI is InChI=1S/C15H13FN2O/c1-19-11-6-7-13-14(9-11)18-15(17-13)8-10-4-2-3-5-12(10)16/h2-7,9H,8H2,1H3,(H,17,18). The van der Waals surface area contributed by atoms with Gasteiger partial charge < -0.3 is 9.72 Å². The molecule has 19 heavy (non-hydrogen) atoms. The molecule has 3 nitrogen and oxygen atoms in total. The number of hydrogen-bond acceptors (Lipinski definition) is 2. The molecule has 0 aliphatic rings. The number of imidazole rings is 1. The van der Waals surface area contributed by atoms with Crippen molar-refractivity contribution in [2.24, 2.45) is 0 Å². The van der Waals surface area contributed by atoms with Crippen LogP contribution in [0, 0.1) is 5.82 Å². The van der Waals surface area contributed by atoms with Crippen molar-refractivity contribution in [2.45, 2.75) is 6.42 Å². The van der Waals surface area contributed by atoms with Gasteiger partial charge in [-0.25, -0.2) is 9.37 Å². The molecule has 0 saturated carbocycles. The van der Waals surface area contributed by atoms with Gasteiger partial charge in [0.05, 0.1) is 18.1 Å². The molecule has 96 valence electrons. The number of benzene rings is 2. The van der Waals surface area contributed by atoms with Gasteiger partial charge in [0.15, 0.2) is 0 Å².